The van der Waals surface area contributed by atoms with Gasteiger partial charge in [-0.15, -0.1) is 0 Å². The van der Waals surface area contributed by atoms with E-state index in [0.717, 1.165) is 22.3 Å². The van der Waals surface area contributed by atoms with Crippen LogP contribution < -0.4 is 10.6 Å². The number of ether oxygens (including phenoxy) is 1. The lowest BCUT2D eigenvalue weighted by Gasteiger charge is -2.23. The third kappa shape index (κ3) is 6.34. The van der Waals surface area contributed by atoms with E-state index in [1.165, 1.54) is 0 Å². The van der Waals surface area contributed by atoms with Gasteiger partial charge in [0.15, 0.2) is 0 Å². The summed E-state index contributed by atoms with van der Waals surface area (Å²) in [6.45, 7) is 5.85. The summed E-state index contributed by atoms with van der Waals surface area (Å²) in [4.78, 5) is 36.1. The van der Waals surface area contributed by atoms with Crippen LogP contribution in [0.4, 0.5) is 4.79 Å². The fourth-order valence-electron chi connectivity index (χ4n) is 4.24. The van der Waals surface area contributed by atoms with Crippen molar-refractivity contribution in [2.75, 3.05) is 6.61 Å². The van der Waals surface area contributed by atoms with Gasteiger partial charge in [-0.25, -0.2) is 4.79 Å². The number of benzene rings is 2. The third-order valence-corrected chi connectivity index (χ3v) is 5.84. The van der Waals surface area contributed by atoms with E-state index in [9.17, 15) is 14.4 Å². The molecule has 0 fully saturated rings. The molecule has 1 aliphatic carbocycles. The molecule has 7 nitrogen and oxygen atoms in total. The first kappa shape index (κ1) is 24.3. The molecule has 1 aliphatic rings. The van der Waals surface area contributed by atoms with Gasteiger partial charge in [-0.3, -0.25) is 9.59 Å². The summed E-state index contributed by atoms with van der Waals surface area (Å²) in [5, 5.41) is 14.3. The minimum absolute atomic E-state index is 0.0316. The summed E-state index contributed by atoms with van der Waals surface area (Å²) in [5.74, 6) is -1.14. The molecule has 0 radical (unpaired) electrons. The number of hydrogen-bond acceptors (Lipinski definition) is 4. The monoisotopic (exact) mass is 452 g/mol. The minimum atomic E-state index is -0.911. The van der Waals surface area contributed by atoms with Crippen LogP contribution in [-0.4, -0.2) is 41.8 Å². The Morgan fingerprint density at radius 3 is 2.06 bits per heavy atom. The number of rotatable bonds is 10. The first-order valence-electron chi connectivity index (χ1n) is 11.4. The van der Waals surface area contributed by atoms with Crippen molar-refractivity contribution in [3.63, 3.8) is 0 Å². The van der Waals surface area contributed by atoms with E-state index >= 15 is 0 Å². The molecule has 0 spiro atoms. The molecule has 0 heterocycles. The number of nitrogens with one attached hydrogen (secondary N) is 2. The molecule has 3 rings (SSSR count). The SMILES string of the molecule is CC(C)CC(NC(=O)OCC1c2ccccc2-c2ccccc21)C(=O)NC(C)CCC(=O)O. The van der Waals surface area contributed by atoms with Crippen LogP contribution in [0.25, 0.3) is 11.1 Å². The van der Waals surface area contributed by atoms with E-state index < -0.39 is 18.1 Å². The molecule has 2 unspecified atom stereocenters. The number of amides is 2. The lowest BCUT2D eigenvalue weighted by atomic mass is 9.98. The average Bonchev–Trinajstić information content (AvgIpc) is 3.09. The smallest absolute Gasteiger partial charge is 0.407 e. The second kappa shape index (κ2) is 11.0. The number of carboxylic acids is 1. The van der Waals surface area contributed by atoms with E-state index in [4.69, 9.17) is 9.84 Å². The van der Waals surface area contributed by atoms with Gasteiger partial charge in [-0.2, -0.15) is 0 Å². The van der Waals surface area contributed by atoms with Crippen molar-refractivity contribution in [1.82, 2.24) is 10.6 Å². The number of aliphatic carboxylic acids is 1. The topological polar surface area (TPSA) is 105 Å². The number of carboxylic acid groups (broad SMARTS) is 1. The number of alkyl carbamates (subject to hydrolysis) is 1. The first-order valence-corrected chi connectivity index (χ1v) is 11.4. The molecule has 0 bridgehead atoms. The Hall–Kier alpha value is -3.35. The Bertz CT molecular complexity index is 958. The second-order valence-electron chi connectivity index (χ2n) is 8.99. The maximum Gasteiger partial charge on any atom is 0.407 e. The third-order valence-electron chi connectivity index (χ3n) is 5.84. The van der Waals surface area contributed by atoms with Crippen molar-refractivity contribution in [3.05, 3.63) is 59.7 Å². The van der Waals surface area contributed by atoms with Gasteiger partial charge in [-0.05, 0) is 47.9 Å². The van der Waals surface area contributed by atoms with E-state index in [1.807, 2.05) is 38.1 Å². The normalized spacial score (nSPS) is 14.2. The Morgan fingerprint density at radius 1 is 0.939 bits per heavy atom. The van der Waals surface area contributed by atoms with Crippen molar-refractivity contribution in [2.24, 2.45) is 5.92 Å². The van der Waals surface area contributed by atoms with Gasteiger partial charge in [0.1, 0.15) is 12.6 Å². The highest BCUT2D eigenvalue weighted by molar-refractivity contribution is 5.86. The van der Waals surface area contributed by atoms with Gasteiger partial charge in [0.25, 0.3) is 0 Å². The molecule has 0 saturated carbocycles. The van der Waals surface area contributed by atoms with Crippen LogP contribution in [0, 0.1) is 5.92 Å². The molecule has 0 saturated heterocycles. The highest BCUT2D eigenvalue weighted by Gasteiger charge is 2.30. The Labute approximate surface area is 194 Å². The highest BCUT2D eigenvalue weighted by atomic mass is 16.5. The maximum atomic E-state index is 12.7. The van der Waals surface area contributed by atoms with Crippen LogP contribution in [0.3, 0.4) is 0 Å². The molecule has 2 aromatic rings. The fourth-order valence-corrected chi connectivity index (χ4v) is 4.24. The van der Waals surface area contributed by atoms with Gasteiger partial charge in [0, 0.05) is 18.4 Å². The van der Waals surface area contributed by atoms with E-state index in [2.05, 4.69) is 34.9 Å². The molecule has 2 aromatic carbocycles. The van der Waals surface area contributed by atoms with Crippen molar-refractivity contribution in [3.8, 4) is 11.1 Å². The fraction of sp³-hybridized carbons (Fsp3) is 0.423. The molecular weight excluding hydrogens is 420 g/mol. The molecule has 3 N–H and O–H groups in total. The van der Waals surface area contributed by atoms with Crippen molar-refractivity contribution < 1.29 is 24.2 Å². The molecule has 33 heavy (non-hydrogen) atoms. The lowest BCUT2D eigenvalue weighted by Crippen LogP contribution is -2.50. The minimum Gasteiger partial charge on any atom is -0.481 e. The van der Waals surface area contributed by atoms with Crippen LogP contribution >= 0.6 is 0 Å². The van der Waals surface area contributed by atoms with Crippen molar-refractivity contribution in [1.29, 1.82) is 0 Å². The summed E-state index contributed by atoms with van der Waals surface area (Å²) < 4.78 is 5.58. The largest absolute Gasteiger partial charge is 0.481 e. The Morgan fingerprint density at radius 2 is 1.52 bits per heavy atom. The van der Waals surface area contributed by atoms with Crippen LogP contribution in [0.5, 0.6) is 0 Å². The van der Waals surface area contributed by atoms with Gasteiger partial charge >= 0.3 is 12.1 Å². The molecule has 2 amide bonds. The number of fused-ring (bicyclic) bond motifs is 3. The summed E-state index contributed by atoms with van der Waals surface area (Å²) >= 11 is 0. The van der Waals surface area contributed by atoms with Crippen molar-refractivity contribution in [2.45, 2.75) is 58.0 Å². The molecule has 0 aromatic heterocycles. The highest BCUT2D eigenvalue weighted by Crippen LogP contribution is 2.44. The van der Waals surface area contributed by atoms with Gasteiger partial charge in [-0.1, -0.05) is 62.4 Å². The zero-order chi connectivity index (χ0) is 24.0. The van der Waals surface area contributed by atoms with Crippen LogP contribution in [-0.2, 0) is 14.3 Å². The van der Waals surface area contributed by atoms with Gasteiger partial charge < -0.3 is 20.5 Å². The quantitative estimate of drug-likeness (QED) is 0.498. The number of carbonyl (C=O) groups is 3. The molecule has 0 aliphatic heterocycles. The van der Waals surface area contributed by atoms with E-state index in [-0.39, 0.29) is 36.8 Å². The molecule has 7 heteroatoms. The van der Waals surface area contributed by atoms with Crippen molar-refractivity contribution >= 4 is 18.0 Å². The standard InChI is InChI=1S/C26H32N2O5/c1-16(2)14-23(25(31)27-17(3)12-13-24(29)30)28-26(32)33-15-22-20-10-6-4-8-18(20)19-9-5-7-11-21(19)22/h4-11,16-17,22-23H,12-15H2,1-3H3,(H,27,31)(H,28,32)(H,29,30). The second-order valence-corrected chi connectivity index (χ2v) is 8.99. The summed E-state index contributed by atoms with van der Waals surface area (Å²) in [6, 6.07) is 15.1. The number of hydrogen-bond donors (Lipinski definition) is 3. The molecule has 2 atom stereocenters. The number of carbonyl (C=O) groups excluding carboxylic acids is 2. The summed E-state index contributed by atoms with van der Waals surface area (Å²) in [7, 11) is 0. The van der Waals surface area contributed by atoms with Crippen LogP contribution in [0.15, 0.2) is 48.5 Å². The zero-order valence-corrected chi connectivity index (χ0v) is 19.3. The zero-order valence-electron chi connectivity index (χ0n) is 19.3. The first-order chi connectivity index (χ1) is 15.8. The molecule has 176 valence electrons. The van der Waals surface area contributed by atoms with Gasteiger partial charge in [0.2, 0.25) is 5.91 Å². The van der Waals surface area contributed by atoms with Crippen LogP contribution in [0.2, 0.25) is 0 Å². The Kier molecular flexibility index (Phi) is 8.09. The molecular formula is C26H32N2O5. The predicted molar refractivity (Wildman–Crippen MR) is 126 cm³/mol. The van der Waals surface area contributed by atoms with Gasteiger partial charge in [0.05, 0.1) is 0 Å². The van der Waals surface area contributed by atoms with E-state index in [0.29, 0.717) is 12.8 Å². The maximum absolute atomic E-state index is 12.7. The average molecular weight is 453 g/mol. The summed E-state index contributed by atoms with van der Waals surface area (Å²) in [6.07, 6.45) is 0.0916. The Balaban J connectivity index is 1.61. The lowest BCUT2D eigenvalue weighted by molar-refractivity contribution is -0.137. The van der Waals surface area contributed by atoms with Crippen LogP contribution in [0.1, 0.15) is 57.1 Å². The summed E-state index contributed by atoms with van der Waals surface area (Å²) in [5.41, 5.74) is 4.54. The van der Waals surface area contributed by atoms with E-state index in [1.54, 1.807) is 6.92 Å². The predicted octanol–water partition coefficient (Wildman–Crippen LogP) is 4.31.